The molecule has 0 aliphatic carbocycles. The van der Waals surface area contributed by atoms with E-state index < -0.39 is 12.1 Å². The van der Waals surface area contributed by atoms with Gasteiger partial charge in [-0.05, 0) is 43.3 Å². The number of carbonyl (C=O) groups is 1. The monoisotopic (exact) mass is 471 g/mol. The van der Waals surface area contributed by atoms with E-state index in [4.69, 9.17) is 60.6 Å². The number of hydrogen-bond acceptors (Lipinski definition) is 5. The average molecular weight is 473 g/mol. The zero-order valence-electron chi connectivity index (χ0n) is 14.9. The summed E-state index contributed by atoms with van der Waals surface area (Å²) in [6.07, 6.45) is 0.509. The van der Waals surface area contributed by atoms with Gasteiger partial charge in [-0.2, -0.15) is 0 Å². The Morgan fingerprint density at radius 2 is 1.59 bits per heavy atom. The first-order valence-corrected chi connectivity index (χ1v) is 9.75. The summed E-state index contributed by atoms with van der Waals surface area (Å²) in [5.41, 5.74) is 0. The van der Waals surface area contributed by atoms with Crippen molar-refractivity contribution in [1.29, 1.82) is 0 Å². The van der Waals surface area contributed by atoms with E-state index in [1.807, 2.05) is 0 Å². The van der Waals surface area contributed by atoms with Gasteiger partial charge in [-0.25, -0.2) is 9.78 Å². The van der Waals surface area contributed by atoms with Crippen molar-refractivity contribution in [2.75, 3.05) is 0 Å². The van der Waals surface area contributed by atoms with Gasteiger partial charge in [0.25, 0.3) is 0 Å². The molecular formula is C20H13Cl4NO4. The van der Waals surface area contributed by atoms with E-state index >= 15 is 0 Å². The van der Waals surface area contributed by atoms with Crippen molar-refractivity contribution in [2.24, 2.45) is 0 Å². The predicted molar refractivity (Wildman–Crippen MR) is 113 cm³/mol. The maximum Gasteiger partial charge on any atom is 0.352 e. The molecule has 0 radical (unpaired) electrons. The molecule has 0 fully saturated rings. The first-order chi connectivity index (χ1) is 13.8. The summed E-state index contributed by atoms with van der Waals surface area (Å²) < 4.78 is 16.5. The molecule has 0 saturated carbocycles. The van der Waals surface area contributed by atoms with Gasteiger partial charge in [0.15, 0.2) is 6.10 Å². The highest BCUT2D eigenvalue weighted by Gasteiger charge is 2.18. The van der Waals surface area contributed by atoms with Gasteiger partial charge in [-0.1, -0.05) is 52.5 Å². The molecule has 1 unspecified atom stereocenters. The third-order valence-electron chi connectivity index (χ3n) is 3.49. The molecule has 3 aromatic rings. The summed E-state index contributed by atoms with van der Waals surface area (Å²) >= 11 is 23.7. The summed E-state index contributed by atoms with van der Waals surface area (Å²) in [6.45, 7) is 1.55. The van der Waals surface area contributed by atoms with Gasteiger partial charge >= 0.3 is 5.97 Å². The second kappa shape index (κ2) is 9.55. The van der Waals surface area contributed by atoms with E-state index in [0.717, 1.165) is 0 Å². The normalized spacial score (nSPS) is 11.6. The molecule has 150 valence electrons. The smallest absolute Gasteiger partial charge is 0.352 e. The van der Waals surface area contributed by atoms with Crippen molar-refractivity contribution in [1.82, 2.24) is 4.98 Å². The molecule has 0 saturated heterocycles. The Morgan fingerprint density at radius 1 is 0.897 bits per heavy atom. The minimum absolute atomic E-state index is 0.175. The van der Waals surface area contributed by atoms with Gasteiger partial charge in [-0.3, -0.25) is 0 Å². The molecule has 5 nitrogen and oxygen atoms in total. The van der Waals surface area contributed by atoms with Crippen LogP contribution < -0.4 is 14.2 Å². The fourth-order valence-corrected chi connectivity index (χ4v) is 3.16. The Balaban J connectivity index is 1.66. The SMILES string of the molecule is CC(Oc1cc(Cl)cc(Cl)c1)C(=O)Oc1cccc(Oc2ncc(Cl)cc2Cl)c1. The van der Waals surface area contributed by atoms with Crippen LogP contribution in [0, 0.1) is 0 Å². The summed E-state index contributed by atoms with van der Waals surface area (Å²) in [6, 6.07) is 12.6. The summed E-state index contributed by atoms with van der Waals surface area (Å²) in [4.78, 5) is 16.4. The van der Waals surface area contributed by atoms with Crippen LogP contribution >= 0.6 is 46.4 Å². The summed E-state index contributed by atoms with van der Waals surface area (Å²) in [7, 11) is 0. The molecule has 29 heavy (non-hydrogen) atoms. The molecule has 0 aliphatic rings. The van der Waals surface area contributed by atoms with Gasteiger partial charge in [-0.15, -0.1) is 0 Å². The van der Waals surface area contributed by atoms with Crippen molar-refractivity contribution in [3.05, 3.63) is 74.8 Å². The van der Waals surface area contributed by atoms with Gasteiger partial charge in [0, 0.05) is 22.3 Å². The van der Waals surface area contributed by atoms with Crippen LogP contribution in [0.5, 0.6) is 23.1 Å². The first-order valence-electron chi connectivity index (χ1n) is 8.23. The van der Waals surface area contributed by atoms with Crippen molar-refractivity contribution < 1.29 is 19.0 Å². The largest absolute Gasteiger partial charge is 0.479 e. The molecule has 0 bridgehead atoms. The number of carbonyl (C=O) groups excluding carboxylic acids is 1. The highest BCUT2D eigenvalue weighted by Crippen LogP contribution is 2.31. The molecular weight excluding hydrogens is 460 g/mol. The Bertz CT molecular complexity index is 1020. The number of aromatic nitrogens is 1. The van der Waals surface area contributed by atoms with E-state index in [0.29, 0.717) is 26.6 Å². The predicted octanol–water partition coefficient (Wildman–Crippen LogP) is 6.86. The number of pyridine rings is 1. The van der Waals surface area contributed by atoms with Crippen LogP contribution in [0.25, 0.3) is 0 Å². The van der Waals surface area contributed by atoms with Crippen molar-refractivity contribution in [3.63, 3.8) is 0 Å². The molecule has 0 spiro atoms. The van der Waals surface area contributed by atoms with Crippen LogP contribution in [0.3, 0.4) is 0 Å². The average Bonchev–Trinajstić information content (AvgIpc) is 2.63. The number of benzene rings is 2. The van der Waals surface area contributed by atoms with E-state index in [1.165, 1.54) is 18.3 Å². The number of rotatable bonds is 6. The molecule has 1 aromatic heterocycles. The third-order valence-corrected chi connectivity index (χ3v) is 4.41. The molecule has 2 aromatic carbocycles. The van der Waals surface area contributed by atoms with E-state index in [1.54, 1.807) is 43.3 Å². The highest BCUT2D eigenvalue weighted by atomic mass is 35.5. The van der Waals surface area contributed by atoms with Crippen LogP contribution in [0.15, 0.2) is 54.7 Å². The maximum atomic E-state index is 12.3. The van der Waals surface area contributed by atoms with Crippen LogP contribution in [-0.4, -0.2) is 17.1 Å². The van der Waals surface area contributed by atoms with Crippen molar-refractivity contribution >= 4 is 52.4 Å². The summed E-state index contributed by atoms with van der Waals surface area (Å²) in [5.74, 6) is 0.557. The Kier molecular flexibility index (Phi) is 7.09. The van der Waals surface area contributed by atoms with Gasteiger partial charge in [0.1, 0.15) is 22.3 Å². The Labute approximate surface area is 187 Å². The third kappa shape index (κ3) is 6.15. The topological polar surface area (TPSA) is 57.7 Å². The lowest BCUT2D eigenvalue weighted by Gasteiger charge is -2.15. The second-order valence-corrected chi connectivity index (χ2v) is 7.52. The van der Waals surface area contributed by atoms with Crippen molar-refractivity contribution in [2.45, 2.75) is 13.0 Å². The molecule has 1 atom stereocenters. The molecule has 3 rings (SSSR count). The fourth-order valence-electron chi connectivity index (χ4n) is 2.24. The number of nitrogens with zero attached hydrogens (tertiary/aromatic N) is 1. The summed E-state index contributed by atoms with van der Waals surface area (Å²) in [5, 5.41) is 1.43. The van der Waals surface area contributed by atoms with Crippen LogP contribution in [0.2, 0.25) is 20.1 Å². The molecule has 1 heterocycles. The van der Waals surface area contributed by atoms with Crippen LogP contribution in [-0.2, 0) is 4.79 Å². The van der Waals surface area contributed by atoms with Gasteiger partial charge in [0.05, 0.1) is 5.02 Å². The first kappa shape index (κ1) is 21.5. The van der Waals surface area contributed by atoms with Gasteiger partial charge in [0.2, 0.25) is 5.88 Å². The fraction of sp³-hybridized carbons (Fsp3) is 0.100. The van der Waals surface area contributed by atoms with Crippen LogP contribution in [0.4, 0.5) is 0 Å². The highest BCUT2D eigenvalue weighted by molar-refractivity contribution is 6.35. The van der Waals surface area contributed by atoms with E-state index in [2.05, 4.69) is 4.98 Å². The minimum atomic E-state index is -0.901. The van der Waals surface area contributed by atoms with E-state index in [-0.39, 0.29) is 16.7 Å². The zero-order chi connectivity index (χ0) is 21.0. The molecule has 0 N–H and O–H groups in total. The number of halogens is 4. The molecule has 0 aliphatic heterocycles. The molecule has 9 heteroatoms. The quantitative estimate of drug-likeness (QED) is 0.289. The maximum absolute atomic E-state index is 12.3. The Hall–Kier alpha value is -2.18. The van der Waals surface area contributed by atoms with Crippen LogP contribution in [0.1, 0.15) is 6.92 Å². The number of hydrogen-bond donors (Lipinski definition) is 0. The lowest BCUT2D eigenvalue weighted by molar-refractivity contribution is -0.141. The minimum Gasteiger partial charge on any atom is -0.479 e. The standard InChI is InChI=1S/C20H13Cl4NO4/c1-11(27-17-6-12(21)5-13(22)7-17)20(26)29-16-4-2-3-15(9-16)28-19-18(24)8-14(23)10-25-19/h2-11H,1H3. The molecule has 0 amide bonds. The van der Waals surface area contributed by atoms with Gasteiger partial charge < -0.3 is 14.2 Å². The second-order valence-electron chi connectivity index (χ2n) is 5.80. The number of esters is 1. The Morgan fingerprint density at radius 3 is 2.28 bits per heavy atom. The lowest BCUT2D eigenvalue weighted by Crippen LogP contribution is -2.28. The lowest BCUT2D eigenvalue weighted by atomic mass is 10.3. The van der Waals surface area contributed by atoms with E-state index in [9.17, 15) is 4.79 Å². The zero-order valence-corrected chi connectivity index (χ0v) is 17.9. The van der Waals surface area contributed by atoms with Crippen molar-refractivity contribution in [3.8, 4) is 23.1 Å². The number of ether oxygens (including phenoxy) is 3.